The summed E-state index contributed by atoms with van der Waals surface area (Å²) in [7, 11) is 0. The van der Waals surface area contributed by atoms with Crippen LogP contribution in [0.15, 0.2) is 156 Å². The maximum atomic E-state index is 6.46. The summed E-state index contributed by atoms with van der Waals surface area (Å²) in [6.45, 7) is 0. The highest BCUT2D eigenvalue weighted by atomic mass is 16.4. The monoisotopic (exact) mass is 599 g/mol. The van der Waals surface area contributed by atoms with Crippen molar-refractivity contribution in [2.75, 3.05) is 0 Å². The highest BCUT2D eigenvalue weighted by Crippen LogP contribution is 2.51. The molecule has 218 valence electrons. The minimum atomic E-state index is 0.656. The van der Waals surface area contributed by atoms with Gasteiger partial charge in [-0.15, -0.1) is 0 Å². The Hall–Kier alpha value is -6.39. The molecule has 3 heterocycles. The van der Waals surface area contributed by atoms with Crippen LogP contribution >= 0.6 is 0 Å². The second kappa shape index (κ2) is 9.09. The molecule has 0 saturated heterocycles. The van der Waals surface area contributed by atoms with E-state index in [1.165, 1.54) is 54.4 Å². The fourth-order valence-electron chi connectivity index (χ4n) is 8.00. The lowest BCUT2D eigenvalue weighted by Crippen LogP contribution is -1.96. The second-order valence-corrected chi connectivity index (χ2v) is 12.3. The molecule has 0 fully saturated rings. The van der Waals surface area contributed by atoms with E-state index in [9.17, 15) is 0 Å². The zero-order valence-corrected chi connectivity index (χ0v) is 25.2. The van der Waals surface area contributed by atoms with Gasteiger partial charge in [-0.05, 0) is 60.7 Å². The number of para-hydroxylation sites is 3. The van der Waals surface area contributed by atoms with Gasteiger partial charge < -0.3 is 13.6 Å². The van der Waals surface area contributed by atoms with Gasteiger partial charge in [-0.2, -0.15) is 0 Å². The van der Waals surface area contributed by atoms with Gasteiger partial charge in [-0.1, -0.05) is 91.0 Å². The minimum absolute atomic E-state index is 0.656. The van der Waals surface area contributed by atoms with Crippen LogP contribution < -0.4 is 0 Å². The Bertz CT molecular complexity index is 2860. The number of fused-ring (bicyclic) bond motifs is 10. The normalized spacial score (nSPS) is 12.3. The molecule has 0 saturated carbocycles. The number of aromatic nitrogens is 3. The van der Waals surface area contributed by atoms with E-state index in [2.05, 4.69) is 130 Å². The maximum absolute atomic E-state index is 6.46. The first-order valence-corrected chi connectivity index (χ1v) is 16.0. The fraction of sp³-hybridized carbons (Fsp3) is 0. The van der Waals surface area contributed by atoms with Crippen LogP contribution in [0.3, 0.4) is 0 Å². The van der Waals surface area contributed by atoms with Crippen molar-refractivity contribution in [3.63, 3.8) is 0 Å². The SMILES string of the molecule is c1ccc(-c2nc3c(o2)-c2ccc(-n4c5ccccc5c5c6c7ccccc7n(-c7ccccc7)c6ccc54)c4cccc-3c24)cc1. The predicted octanol–water partition coefficient (Wildman–Crippen LogP) is 11.3. The topological polar surface area (TPSA) is 35.9 Å². The Kier molecular flexibility index (Phi) is 4.81. The van der Waals surface area contributed by atoms with Crippen molar-refractivity contribution in [2.45, 2.75) is 0 Å². The highest BCUT2D eigenvalue weighted by Gasteiger charge is 2.30. The molecule has 47 heavy (non-hydrogen) atoms. The first-order chi connectivity index (χ1) is 23.3. The van der Waals surface area contributed by atoms with Gasteiger partial charge in [-0.25, -0.2) is 4.98 Å². The first kappa shape index (κ1) is 24.9. The number of benzene rings is 7. The van der Waals surface area contributed by atoms with Crippen LogP contribution in [0.4, 0.5) is 0 Å². The number of oxazole rings is 1. The van der Waals surface area contributed by atoms with Gasteiger partial charge in [0.1, 0.15) is 5.69 Å². The Labute approximate surface area is 269 Å². The van der Waals surface area contributed by atoms with Gasteiger partial charge in [0, 0.05) is 54.7 Å². The Balaban J connectivity index is 1.21. The Morgan fingerprint density at radius 2 is 1.04 bits per heavy atom. The third-order valence-electron chi connectivity index (χ3n) is 9.89. The van der Waals surface area contributed by atoms with Crippen LogP contribution in [-0.2, 0) is 0 Å². The lowest BCUT2D eigenvalue weighted by atomic mass is 10.0. The standard InChI is InChI=1S/C43H25N3O/c1-3-12-26(13-4-1)43-44-41-31-19-11-18-28-35(23-22-32(38(28)31)42(41)47-43)46-34-21-10-8-17-30(34)40-37(46)25-24-36-39(40)29-16-7-9-20-33(29)45(36)27-14-5-2-6-15-27/h1-25H. The Morgan fingerprint density at radius 3 is 1.79 bits per heavy atom. The average Bonchev–Trinajstić information content (AvgIpc) is 3.88. The second-order valence-electron chi connectivity index (χ2n) is 12.3. The van der Waals surface area contributed by atoms with E-state index in [1.54, 1.807) is 0 Å². The molecule has 0 N–H and O–H groups in total. The molecule has 0 amide bonds. The molecular weight excluding hydrogens is 574 g/mol. The molecule has 0 aliphatic heterocycles. The molecule has 3 aromatic heterocycles. The Morgan fingerprint density at radius 1 is 0.426 bits per heavy atom. The number of rotatable bonds is 3. The van der Waals surface area contributed by atoms with E-state index in [0.717, 1.165) is 39.5 Å². The number of hydrogen-bond acceptors (Lipinski definition) is 2. The molecule has 4 heteroatoms. The zero-order valence-electron chi connectivity index (χ0n) is 25.2. The van der Waals surface area contributed by atoms with Gasteiger partial charge in [0.05, 0.1) is 27.8 Å². The van der Waals surface area contributed by atoms with Gasteiger partial charge >= 0.3 is 0 Å². The molecule has 7 aromatic carbocycles. The van der Waals surface area contributed by atoms with Crippen LogP contribution in [0.5, 0.6) is 0 Å². The smallest absolute Gasteiger partial charge is 0.227 e. The molecule has 11 rings (SSSR count). The number of hydrogen-bond donors (Lipinski definition) is 0. The molecule has 1 aliphatic carbocycles. The quantitative estimate of drug-likeness (QED) is 0.203. The molecule has 0 spiro atoms. The van der Waals surface area contributed by atoms with Gasteiger partial charge in [0.15, 0.2) is 5.76 Å². The van der Waals surface area contributed by atoms with Crippen molar-refractivity contribution in [1.82, 2.24) is 14.1 Å². The molecule has 4 nitrogen and oxygen atoms in total. The molecule has 0 unspecified atom stereocenters. The van der Waals surface area contributed by atoms with Crippen LogP contribution in [0.1, 0.15) is 0 Å². The molecule has 10 aromatic rings. The van der Waals surface area contributed by atoms with Gasteiger partial charge in [-0.3, -0.25) is 0 Å². The highest BCUT2D eigenvalue weighted by molar-refractivity contribution is 6.29. The minimum Gasteiger partial charge on any atom is -0.435 e. The molecule has 1 aliphatic rings. The van der Waals surface area contributed by atoms with Crippen LogP contribution in [0.2, 0.25) is 0 Å². The third-order valence-corrected chi connectivity index (χ3v) is 9.89. The van der Waals surface area contributed by atoms with E-state index in [1.807, 2.05) is 30.3 Å². The predicted molar refractivity (Wildman–Crippen MR) is 193 cm³/mol. The summed E-state index contributed by atoms with van der Waals surface area (Å²) in [5.41, 5.74) is 11.2. The largest absolute Gasteiger partial charge is 0.435 e. The van der Waals surface area contributed by atoms with Crippen molar-refractivity contribution >= 4 is 54.4 Å². The average molecular weight is 600 g/mol. The van der Waals surface area contributed by atoms with E-state index >= 15 is 0 Å². The molecule has 0 atom stereocenters. The van der Waals surface area contributed by atoms with E-state index in [-0.39, 0.29) is 0 Å². The van der Waals surface area contributed by atoms with Gasteiger partial charge in [0.2, 0.25) is 5.89 Å². The summed E-state index contributed by atoms with van der Waals surface area (Å²) in [6.07, 6.45) is 0. The fourth-order valence-corrected chi connectivity index (χ4v) is 8.00. The van der Waals surface area contributed by atoms with Crippen LogP contribution in [0, 0.1) is 0 Å². The van der Waals surface area contributed by atoms with E-state index in [4.69, 9.17) is 9.40 Å². The van der Waals surface area contributed by atoms with Crippen molar-refractivity contribution in [3.05, 3.63) is 152 Å². The molecular formula is C43H25N3O. The van der Waals surface area contributed by atoms with Crippen LogP contribution in [-0.4, -0.2) is 14.1 Å². The van der Waals surface area contributed by atoms with E-state index in [0.29, 0.717) is 5.89 Å². The molecule has 0 radical (unpaired) electrons. The van der Waals surface area contributed by atoms with Crippen molar-refractivity contribution in [3.8, 4) is 45.4 Å². The third kappa shape index (κ3) is 3.23. The first-order valence-electron chi connectivity index (χ1n) is 16.0. The summed E-state index contributed by atoms with van der Waals surface area (Å²) in [4.78, 5) is 5.01. The lowest BCUT2D eigenvalue weighted by Gasteiger charge is -2.13. The number of nitrogens with zero attached hydrogens (tertiary/aromatic N) is 3. The summed E-state index contributed by atoms with van der Waals surface area (Å²) in [5, 5.41) is 7.42. The summed E-state index contributed by atoms with van der Waals surface area (Å²) < 4.78 is 11.3. The zero-order chi connectivity index (χ0) is 30.6. The lowest BCUT2D eigenvalue weighted by molar-refractivity contribution is 0.590. The summed E-state index contributed by atoms with van der Waals surface area (Å²) >= 11 is 0. The summed E-state index contributed by atoms with van der Waals surface area (Å²) in [6, 6.07) is 54.0. The van der Waals surface area contributed by atoms with Crippen molar-refractivity contribution < 1.29 is 4.42 Å². The van der Waals surface area contributed by atoms with Gasteiger partial charge in [0.25, 0.3) is 0 Å². The van der Waals surface area contributed by atoms with Crippen molar-refractivity contribution in [1.29, 1.82) is 0 Å². The maximum Gasteiger partial charge on any atom is 0.227 e. The molecule has 0 bridgehead atoms. The van der Waals surface area contributed by atoms with Crippen LogP contribution in [0.25, 0.3) is 99.8 Å². The van der Waals surface area contributed by atoms with E-state index < -0.39 is 0 Å². The summed E-state index contributed by atoms with van der Waals surface area (Å²) in [5.74, 6) is 1.50. The van der Waals surface area contributed by atoms with Crippen molar-refractivity contribution in [2.24, 2.45) is 0 Å².